The molecule has 4 nitrogen and oxygen atoms in total. The Morgan fingerprint density at radius 1 is 1.31 bits per heavy atom. The maximum atomic E-state index is 12.6. The van der Waals surface area contributed by atoms with Crippen molar-refractivity contribution >= 4 is 10.1 Å². The van der Waals surface area contributed by atoms with Gasteiger partial charge in [-0.25, -0.2) is 4.39 Å². The predicted octanol–water partition coefficient (Wildman–Crippen LogP) is 0.831. The van der Waals surface area contributed by atoms with Crippen LogP contribution in [-0.2, 0) is 16.5 Å². The summed E-state index contributed by atoms with van der Waals surface area (Å²) in [5.41, 5.74) is 6.20. The summed E-state index contributed by atoms with van der Waals surface area (Å²) < 4.78 is 42.7. The van der Waals surface area contributed by atoms with Crippen molar-refractivity contribution in [2.24, 2.45) is 11.7 Å². The first-order valence-electron chi connectivity index (χ1n) is 4.80. The first-order chi connectivity index (χ1) is 7.40. The molecule has 1 atom stereocenters. The molecule has 0 saturated carbocycles. The van der Waals surface area contributed by atoms with Crippen LogP contribution in [0.25, 0.3) is 0 Å². The monoisotopic (exact) mass is 247 g/mol. The van der Waals surface area contributed by atoms with Gasteiger partial charge in [-0.05, 0) is 36.6 Å². The van der Waals surface area contributed by atoms with Crippen LogP contribution < -0.4 is 5.73 Å². The molecule has 16 heavy (non-hydrogen) atoms. The van der Waals surface area contributed by atoms with E-state index in [4.69, 9.17) is 10.3 Å². The van der Waals surface area contributed by atoms with E-state index in [1.807, 2.05) is 0 Å². The van der Waals surface area contributed by atoms with Crippen LogP contribution in [0.3, 0.4) is 0 Å². The topological polar surface area (TPSA) is 80.4 Å². The van der Waals surface area contributed by atoms with Gasteiger partial charge in [0.2, 0.25) is 0 Å². The SMILES string of the molecule is NCC(Cc1ccc(F)cc1)CS(=O)(=O)O. The molecule has 90 valence electrons. The lowest BCUT2D eigenvalue weighted by Gasteiger charge is -2.12. The molecule has 0 aliphatic carbocycles. The first kappa shape index (κ1) is 13.1. The standard InChI is InChI=1S/C10H14FNO3S/c11-10-3-1-8(2-4-10)5-9(6-12)7-16(13,14)15/h1-4,9H,5-7,12H2,(H,13,14,15). The van der Waals surface area contributed by atoms with Crippen molar-refractivity contribution in [1.82, 2.24) is 0 Å². The molecule has 0 aliphatic rings. The number of hydrogen-bond acceptors (Lipinski definition) is 3. The molecule has 1 unspecified atom stereocenters. The first-order valence-corrected chi connectivity index (χ1v) is 6.41. The van der Waals surface area contributed by atoms with E-state index < -0.39 is 10.1 Å². The van der Waals surface area contributed by atoms with Crippen LogP contribution in [0, 0.1) is 11.7 Å². The van der Waals surface area contributed by atoms with Crippen LogP contribution in [0.2, 0.25) is 0 Å². The molecule has 1 aromatic rings. The van der Waals surface area contributed by atoms with E-state index >= 15 is 0 Å². The zero-order chi connectivity index (χ0) is 12.2. The third kappa shape index (κ3) is 4.69. The van der Waals surface area contributed by atoms with Crippen LogP contribution in [0.1, 0.15) is 5.56 Å². The van der Waals surface area contributed by atoms with E-state index in [1.165, 1.54) is 12.1 Å². The molecule has 1 aromatic carbocycles. The van der Waals surface area contributed by atoms with Gasteiger partial charge in [-0.1, -0.05) is 12.1 Å². The molecular formula is C10H14FNO3S. The van der Waals surface area contributed by atoms with Crippen molar-refractivity contribution in [1.29, 1.82) is 0 Å². The Morgan fingerprint density at radius 3 is 2.31 bits per heavy atom. The molecule has 0 radical (unpaired) electrons. The largest absolute Gasteiger partial charge is 0.330 e. The van der Waals surface area contributed by atoms with E-state index in [1.54, 1.807) is 12.1 Å². The van der Waals surface area contributed by atoms with E-state index in [0.717, 1.165) is 5.56 Å². The second kappa shape index (κ2) is 5.38. The van der Waals surface area contributed by atoms with Crippen LogP contribution in [0.4, 0.5) is 4.39 Å². The minimum atomic E-state index is -4.02. The van der Waals surface area contributed by atoms with Crippen LogP contribution in [0.5, 0.6) is 0 Å². The van der Waals surface area contributed by atoms with Gasteiger partial charge in [0, 0.05) is 0 Å². The number of halogens is 1. The Balaban J connectivity index is 2.67. The van der Waals surface area contributed by atoms with E-state index in [9.17, 15) is 12.8 Å². The van der Waals surface area contributed by atoms with Gasteiger partial charge in [-0.15, -0.1) is 0 Å². The number of nitrogens with two attached hydrogens (primary N) is 1. The summed E-state index contributed by atoms with van der Waals surface area (Å²) in [7, 11) is -4.02. The molecule has 6 heteroatoms. The highest BCUT2D eigenvalue weighted by Gasteiger charge is 2.15. The molecular weight excluding hydrogens is 233 g/mol. The zero-order valence-corrected chi connectivity index (χ0v) is 9.45. The van der Waals surface area contributed by atoms with Gasteiger partial charge in [0.1, 0.15) is 5.82 Å². The molecule has 0 saturated heterocycles. The molecule has 0 spiro atoms. The lowest BCUT2D eigenvalue weighted by atomic mass is 10.0. The highest BCUT2D eigenvalue weighted by atomic mass is 32.2. The summed E-state index contributed by atoms with van der Waals surface area (Å²) in [6, 6.07) is 5.75. The maximum Gasteiger partial charge on any atom is 0.265 e. The molecule has 0 aliphatic heterocycles. The Hall–Kier alpha value is -0.980. The fraction of sp³-hybridized carbons (Fsp3) is 0.400. The molecule has 0 aromatic heterocycles. The van der Waals surface area contributed by atoms with E-state index in [0.29, 0.717) is 6.42 Å². The lowest BCUT2D eigenvalue weighted by molar-refractivity contribution is 0.463. The molecule has 0 fully saturated rings. The predicted molar refractivity (Wildman–Crippen MR) is 59.1 cm³/mol. The summed E-state index contributed by atoms with van der Waals surface area (Å²) in [5.74, 6) is -1.08. The summed E-state index contributed by atoms with van der Waals surface area (Å²) >= 11 is 0. The molecule has 0 heterocycles. The van der Waals surface area contributed by atoms with Crippen LogP contribution in [-0.4, -0.2) is 25.3 Å². The third-order valence-electron chi connectivity index (χ3n) is 2.22. The van der Waals surface area contributed by atoms with Crippen molar-refractivity contribution in [3.8, 4) is 0 Å². The van der Waals surface area contributed by atoms with Crippen molar-refractivity contribution in [3.05, 3.63) is 35.6 Å². The normalized spacial score (nSPS) is 13.7. The Bertz CT molecular complexity index is 430. The smallest absolute Gasteiger partial charge is 0.265 e. The highest BCUT2D eigenvalue weighted by Crippen LogP contribution is 2.10. The number of hydrogen-bond donors (Lipinski definition) is 2. The maximum absolute atomic E-state index is 12.6. The molecule has 3 N–H and O–H groups in total. The lowest BCUT2D eigenvalue weighted by Crippen LogP contribution is -2.25. The number of benzene rings is 1. The minimum absolute atomic E-state index is 0.150. The summed E-state index contributed by atoms with van der Waals surface area (Å²) in [6.45, 7) is 0.150. The molecule has 0 bridgehead atoms. The fourth-order valence-electron chi connectivity index (χ4n) is 1.46. The molecule has 1 rings (SSSR count). The van der Waals surface area contributed by atoms with Crippen LogP contribution in [0.15, 0.2) is 24.3 Å². The van der Waals surface area contributed by atoms with E-state index in [2.05, 4.69) is 0 Å². The van der Waals surface area contributed by atoms with Gasteiger partial charge in [0.15, 0.2) is 0 Å². The van der Waals surface area contributed by atoms with Crippen molar-refractivity contribution < 1.29 is 17.4 Å². The van der Waals surface area contributed by atoms with Gasteiger partial charge in [-0.2, -0.15) is 8.42 Å². The second-order valence-corrected chi connectivity index (χ2v) is 5.18. The summed E-state index contributed by atoms with van der Waals surface area (Å²) in [5, 5.41) is 0. The summed E-state index contributed by atoms with van der Waals surface area (Å²) in [6.07, 6.45) is 0.399. The fourth-order valence-corrected chi connectivity index (χ4v) is 2.31. The van der Waals surface area contributed by atoms with Gasteiger partial charge < -0.3 is 5.73 Å². The quantitative estimate of drug-likeness (QED) is 0.755. The third-order valence-corrected chi connectivity index (χ3v) is 3.11. The summed E-state index contributed by atoms with van der Waals surface area (Å²) in [4.78, 5) is 0. The average molecular weight is 247 g/mol. The number of rotatable bonds is 5. The molecule has 0 amide bonds. The Morgan fingerprint density at radius 2 is 1.88 bits per heavy atom. The van der Waals surface area contributed by atoms with Crippen molar-refractivity contribution in [2.75, 3.05) is 12.3 Å². The Labute approximate surface area is 94.0 Å². The minimum Gasteiger partial charge on any atom is -0.330 e. The van der Waals surface area contributed by atoms with E-state index in [-0.39, 0.29) is 24.0 Å². The highest BCUT2D eigenvalue weighted by molar-refractivity contribution is 7.85. The average Bonchev–Trinajstić information content (AvgIpc) is 2.18. The Kier molecular flexibility index (Phi) is 4.40. The van der Waals surface area contributed by atoms with Crippen LogP contribution >= 0.6 is 0 Å². The van der Waals surface area contributed by atoms with Gasteiger partial charge in [0.25, 0.3) is 10.1 Å². The van der Waals surface area contributed by atoms with Crippen molar-refractivity contribution in [2.45, 2.75) is 6.42 Å². The van der Waals surface area contributed by atoms with Gasteiger partial charge in [0.05, 0.1) is 5.75 Å². The van der Waals surface area contributed by atoms with Gasteiger partial charge in [-0.3, -0.25) is 4.55 Å². The zero-order valence-electron chi connectivity index (χ0n) is 8.64. The van der Waals surface area contributed by atoms with Gasteiger partial charge >= 0.3 is 0 Å². The second-order valence-electron chi connectivity index (χ2n) is 3.68. The van der Waals surface area contributed by atoms with Crippen molar-refractivity contribution in [3.63, 3.8) is 0 Å².